The molecule has 79 heavy (non-hydrogen) atoms. The van der Waals surface area contributed by atoms with Crippen LogP contribution in [0.15, 0.2) is 243 Å². The molecule has 6 aliphatic rings. The summed E-state index contributed by atoms with van der Waals surface area (Å²) in [6, 6.07) is 89.7. The average molecular weight is 1010 g/mol. The Labute approximate surface area is 453 Å². The maximum atomic E-state index is 5.72. The summed E-state index contributed by atoms with van der Waals surface area (Å²) in [5.41, 5.74) is 25.5. The Balaban J connectivity index is 0.882. The Morgan fingerprint density at radius 1 is 0.241 bits per heavy atom. The Morgan fingerprint density at radius 3 is 1.05 bits per heavy atom. The van der Waals surface area contributed by atoms with Crippen LogP contribution >= 0.6 is 0 Å². The van der Waals surface area contributed by atoms with Crippen molar-refractivity contribution in [2.45, 2.75) is 23.7 Å². The Hall–Kier alpha value is -10.2. The molecule has 0 fully saturated rings. The summed E-state index contributed by atoms with van der Waals surface area (Å²) < 4.78 is 7.09. The zero-order chi connectivity index (χ0) is 51.2. The number of hydrogen-bond donors (Lipinski definition) is 0. The Morgan fingerprint density at radius 2 is 0.582 bits per heavy atom. The van der Waals surface area contributed by atoms with Crippen molar-refractivity contribution in [3.05, 3.63) is 309 Å². The molecule has 6 aliphatic carbocycles. The van der Waals surface area contributed by atoms with Crippen LogP contribution in [0, 0.1) is 0 Å². The molecule has 6 heteroatoms. The SMILES string of the molecule is c1ccc(-c2nc(-n3c4ccccc4c4c5c(ccc43)C3c4ccccc4C5c4ccccc43)nc(-n3c4ccccc4c4c5c(ccc43)C3c4ccccc4C5c4c3ccc3c4c4ccccc4n3-c3ccccc3)n2)cc1. The van der Waals surface area contributed by atoms with Crippen molar-refractivity contribution in [3.63, 3.8) is 0 Å². The second kappa shape index (κ2) is 15.3. The fourth-order valence-electron chi connectivity index (χ4n) is 15.6. The highest BCUT2D eigenvalue weighted by Crippen LogP contribution is 2.61. The summed E-state index contributed by atoms with van der Waals surface area (Å²) in [5.74, 6) is 2.07. The van der Waals surface area contributed by atoms with Crippen molar-refractivity contribution in [1.82, 2.24) is 28.7 Å². The van der Waals surface area contributed by atoms with Crippen LogP contribution in [0.3, 0.4) is 0 Å². The summed E-state index contributed by atoms with van der Waals surface area (Å²) in [5, 5.41) is 7.49. The van der Waals surface area contributed by atoms with Crippen molar-refractivity contribution in [1.29, 1.82) is 0 Å². The molecule has 4 heterocycles. The second-order valence-corrected chi connectivity index (χ2v) is 22.0. The Kier molecular flexibility index (Phi) is 8.12. The van der Waals surface area contributed by atoms with E-state index in [9.17, 15) is 0 Å². The van der Waals surface area contributed by atoms with Crippen molar-refractivity contribution < 1.29 is 0 Å². The molecule has 0 aliphatic heterocycles. The van der Waals surface area contributed by atoms with E-state index in [0.717, 1.165) is 33.3 Å². The van der Waals surface area contributed by atoms with E-state index in [-0.39, 0.29) is 23.7 Å². The highest BCUT2D eigenvalue weighted by atomic mass is 15.3. The average Bonchev–Trinajstić information content (AvgIpc) is 3.52. The van der Waals surface area contributed by atoms with Crippen molar-refractivity contribution in [2.75, 3.05) is 0 Å². The largest absolute Gasteiger partial charge is 0.309 e. The minimum Gasteiger partial charge on any atom is -0.309 e. The molecule has 2 unspecified atom stereocenters. The van der Waals surface area contributed by atoms with E-state index < -0.39 is 0 Å². The number of aromatic nitrogens is 6. The fourth-order valence-corrected chi connectivity index (χ4v) is 15.6. The predicted octanol–water partition coefficient (Wildman–Crippen LogP) is 16.8. The molecule has 0 amide bonds. The first-order valence-corrected chi connectivity index (χ1v) is 27.6. The van der Waals surface area contributed by atoms with Gasteiger partial charge in [-0.1, -0.05) is 194 Å². The molecule has 0 saturated carbocycles. The minimum atomic E-state index is -0.0283. The highest BCUT2D eigenvalue weighted by molar-refractivity contribution is 6.16. The van der Waals surface area contributed by atoms with E-state index in [2.05, 4.69) is 256 Å². The molecular formula is C73H44N6. The maximum absolute atomic E-state index is 5.72. The number of benzene rings is 11. The molecule has 21 rings (SSSR count). The van der Waals surface area contributed by atoms with Gasteiger partial charge in [-0.25, -0.2) is 0 Å². The topological polar surface area (TPSA) is 53.5 Å². The highest BCUT2D eigenvalue weighted by Gasteiger charge is 2.46. The lowest BCUT2D eigenvalue weighted by Crippen LogP contribution is -2.28. The van der Waals surface area contributed by atoms with Gasteiger partial charge in [0, 0.05) is 67.2 Å². The van der Waals surface area contributed by atoms with Crippen LogP contribution in [-0.2, 0) is 0 Å². The van der Waals surface area contributed by atoms with E-state index in [1.165, 1.54) is 110 Å². The molecule has 4 aromatic heterocycles. The number of hydrogen-bond acceptors (Lipinski definition) is 3. The molecule has 0 spiro atoms. The lowest BCUT2D eigenvalue weighted by Gasteiger charge is -2.43. The first kappa shape index (κ1) is 42.0. The normalized spacial score (nSPS) is 17.1. The van der Waals surface area contributed by atoms with Crippen LogP contribution in [-0.4, -0.2) is 28.7 Å². The third-order valence-electron chi connectivity index (χ3n) is 18.4. The summed E-state index contributed by atoms with van der Waals surface area (Å²) in [6.45, 7) is 0. The predicted molar refractivity (Wildman–Crippen MR) is 318 cm³/mol. The monoisotopic (exact) mass is 1000 g/mol. The van der Waals surface area contributed by atoms with Gasteiger partial charge in [0.2, 0.25) is 11.9 Å². The second-order valence-electron chi connectivity index (χ2n) is 22.0. The fraction of sp³-hybridized carbons (Fsp3) is 0.0548. The molecule has 6 nitrogen and oxygen atoms in total. The van der Waals surface area contributed by atoms with Gasteiger partial charge < -0.3 is 4.57 Å². The van der Waals surface area contributed by atoms with Gasteiger partial charge in [-0.3, -0.25) is 9.13 Å². The first-order chi connectivity index (χ1) is 39.3. The van der Waals surface area contributed by atoms with Gasteiger partial charge in [0.15, 0.2) is 5.82 Å². The van der Waals surface area contributed by atoms with Crippen LogP contribution in [0.4, 0.5) is 0 Å². The summed E-state index contributed by atoms with van der Waals surface area (Å²) in [6.07, 6.45) is 0. The zero-order valence-electron chi connectivity index (χ0n) is 42.6. The first-order valence-electron chi connectivity index (χ1n) is 27.6. The van der Waals surface area contributed by atoms with Gasteiger partial charge in [0.1, 0.15) is 0 Å². The van der Waals surface area contributed by atoms with E-state index in [4.69, 9.17) is 15.0 Å². The molecular weight excluding hydrogens is 961 g/mol. The van der Waals surface area contributed by atoms with Crippen LogP contribution in [0.25, 0.3) is 94.4 Å². The number of fused-ring (bicyclic) bond motifs is 9. The molecule has 0 N–H and O–H groups in total. The minimum absolute atomic E-state index is 0.0283. The van der Waals surface area contributed by atoms with Gasteiger partial charge in [0.05, 0.1) is 33.1 Å². The quantitative estimate of drug-likeness (QED) is 0.177. The molecule has 2 atom stereocenters. The van der Waals surface area contributed by atoms with Crippen molar-refractivity contribution >= 4 is 65.4 Å². The van der Waals surface area contributed by atoms with Crippen molar-refractivity contribution in [3.8, 4) is 29.0 Å². The van der Waals surface area contributed by atoms with Crippen LogP contribution < -0.4 is 0 Å². The van der Waals surface area contributed by atoms with Crippen LogP contribution in [0.5, 0.6) is 0 Å². The maximum Gasteiger partial charge on any atom is 0.240 e. The molecule has 11 aromatic carbocycles. The van der Waals surface area contributed by atoms with E-state index in [1.54, 1.807) is 0 Å². The molecule has 0 radical (unpaired) electrons. The number of nitrogens with zero attached hydrogens (tertiary/aromatic N) is 6. The molecule has 366 valence electrons. The van der Waals surface area contributed by atoms with E-state index in [1.807, 2.05) is 0 Å². The van der Waals surface area contributed by atoms with Gasteiger partial charge >= 0.3 is 0 Å². The lowest BCUT2D eigenvalue weighted by molar-refractivity contribution is 0.761. The van der Waals surface area contributed by atoms with E-state index in [0.29, 0.717) is 17.7 Å². The van der Waals surface area contributed by atoms with E-state index >= 15 is 0 Å². The van der Waals surface area contributed by atoms with Gasteiger partial charge in [-0.15, -0.1) is 0 Å². The van der Waals surface area contributed by atoms with Gasteiger partial charge in [0.25, 0.3) is 0 Å². The lowest BCUT2D eigenvalue weighted by atomic mass is 9.59. The third-order valence-corrected chi connectivity index (χ3v) is 18.4. The number of para-hydroxylation sites is 4. The van der Waals surface area contributed by atoms with Crippen LogP contribution in [0.2, 0.25) is 0 Å². The molecule has 0 saturated heterocycles. The molecule has 15 aromatic rings. The zero-order valence-corrected chi connectivity index (χ0v) is 42.6. The Bertz CT molecular complexity index is 5130. The molecule has 4 bridgehead atoms. The summed E-state index contributed by atoms with van der Waals surface area (Å²) in [7, 11) is 0. The van der Waals surface area contributed by atoms with Gasteiger partial charge in [-0.05, 0) is 115 Å². The summed E-state index contributed by atoms with van der Waals surface area (Å²) in [4.78, 5) is 16.7. The smallest absolute Gasteiger partial charge is 0.240 e. The van der Waals surface area contributed by atoms with Gasteiger partial charge in [-0.2, -0.15) is 15.0 Å². The summed E-state index contributed by atoms with van der Waals surface area (Å²) >= 11 is 0. The van der Waals surface area contributed by atoms with Crippen molar-refractivity contribution in [2.24, 2.45) is 0 Å². The number of rotatable bonds is 4. The van der Waals surface area contributed by atoms with Crippen LogP contribution in [0.1, 0.15) is 90.4 Å². The standard InChI is InChI=1S/C73H44N6/c1-3-19-41(20-4-1)71-74-72(78-56-33-17-14-30-50(56)65-59(78)39-36-52-61-43-23-7-10-26-46(43)63(68(52)65)47-27-11-8-24-44(47)61)76-73(75-71)79-57-34-18-15-31-51(57)66-60(79)40-37-54-62-45-25-9-12-28-48(45)67(70(54)66)69-53(62)35-38-58-64(69)49-29-13-16-32-55(49)77(58)42-21-5-2-6-22-42/h1-40,61-63,67H. The third kappa shape index (κ3) is 5.33.